The molecule has 0 aliphatic heterocycles. The minimum absolute atomic E-state index is 0.00861. The predicted molar refractivity (Wildman–Crippen MR) is 72.6 cm³/mol. The van der Waals surface area contributed by atoms with E-state index >= 15 is 0 Å². The van der Waals surface area contributed by atoms with Crippen molar-refractivity contribution in [3.8, 4) is 0 Å². The van der Waals surface area contributed by atoms with Gasteiger partial charge in [0.05, 0.1) is 5.69 Å². The molecule has 4 heteroatoms. The van der Waals surface area contributed by atoms with E-state index in [1.807, 2.05) is 20.8 Å². The molecule has 1 fully saturated rings. The number of oxazole rings is 1. The molecule has 1 saturated carbocycles. The van der Waals surface area contributed by atoms with Crippen LogP contribution in [0.2, 0.25) is 0 Å². The Bertz CT molecular complexity index is 476. The zero-order valence-corrected chi connectivity index (χ0v) is 12.2. The van der Waals surface area contributed by atoms with Crippen LogP contribution in [0, 0.1) is 0 Å². The molecule has 1 heterocycles. The molecule has 19 heavy (non-hydrogen) atoms. The first-order valence-electron chi connectivity index (χ1n) is 6.99. The molecule has 0 saturated heterocycles. The molecule has 0 radical (unpaired) electrons. The Morgan fingerprint density at radius 3 is 2.26 bits per heavy atom. The first-order valence-corrected chi connectivity index (χ1v) is 6.99. The van der Waals surface area contributed by atoms with E-state index in [4.69, 9.17) is 4.42 Å². The molecular formula is C15H23NO3. The zero-order valence-electron chi connectivity index (χ0n) is 12.2. The third-order valence-electron chi connectivity index (χ3n) is 4.01. The Morgan fingerprint density at radius 2 is 1.84 bits per heavy atom. The van der Waals surface area contributed by atoms with Gasteiger partial charge in [0.25, 0.3) is 0 Å². The van der Waals surface area contributed by atoms with Gasteiger partial charge in [0.2, 0.25) is 11.7 Å². The summed E-state index contributed by atoms with van der Waals surface area (Å²) in [6, 6.07) is 0. The summed E-state index contributed by atoms with van der Waals surface area (Å²) in [7, 11) is 0. The largest absolute Gasteiger partial charge is 0.475 e. The molecular weight excluding hydrogens is 242 g/mol. The van der Waals surface area contributed by atoms with E-state index < -0.39 is 5.97 Å². The number of hydrogen-bond donors (Lipinski definition) is 1. The van der Waals surface area contributed by atoms with Gasteiger partial charge in [0.1, 0.15) is 0 Å². The molecule has 0 spiro atoms. The summed E-state index contributed by atoms with van der Waals surface area (Å²) in [4.78, 5) is 15.9. The Morgan fingerprint density at radius 1 is 1.26 bits per heavy atom. The van der Waals surface area contributed by atoms with Gasteiger partial charge >= 0.3 is 5.97 Å². The highest BCUT2D eigenvalue weighted by Gasteiger charge is 2.37. The van der Waals surface area contributed by atoms with Crippen LogP contribution < -0.4 is 0 Å². The molecule has 2 rings (SSSR count). The fourth-order valence-corrected chi connectivity index (χ4v) is 2.78. The number of aromatic nitrogens is 1. The summed E-state index contributed by atoms with van der Waals surface area (Å²) >= 11 is 0. The summed E-state index contributed by atoms with van der Waals surface area (Å²) in [6.45, 7) is 8.02. The summed E-state index contributed by atoms with van der Waals surface area (Å²) in [6.07, 6.45) is 5.61. The lowest BCUT2D eigenvalue weighted by Gasteiger charge is -2.30. The molecule has 0 bridgehead atoms. The van der Waals surface area contributed by atoms with Crippen LogP contribution >= 0.6 is 0 Å². The van der Waals surface area contributed by atoms with Crippen LogP contribution in [0.5, 0.6) is 0 Å². The van der Waals surface area contributed by atoms with Crippen molar-refractivity contribution in [3.05, 3.63) is 17.3 Å². The number of carboxylic acids is 1. The number of rotatable bonds is 2. The number of carboxylic acid groups (broad SMARTS) is 1. The minimum Gasteiger partial charge on any atom is -0.475 e. The van der Waals surface area contributed by atoms with Crippen molar-refractivity contribution in [2.24, 2.45) is 0 Å². The average molecular weight is 265 g/mol. The van der Waals surface area contributed by atoms with E-state index in [2.05, 4.69) is 11.9 Å². The van der Waals surface area contributed by atoms with Gasteiger partial charge in [-0.1, -0.05) is 47.0 Å². The topological polar surface area (TPSA) is 63.3 Å². The maximum Gasteiger partial charge on any atom is 0.373 e. The van der Waals surface area contributed by atoms with Gasteiger partial charge in [-0.15, -0.1) is 0 Å². The Kier molecular flexibility index (Phi) is 3.45. The van der Waals surface area contributed by atoms with Crippen LogP contribution in [-0.2, 0) is 10.8 Å². The SMILES string of the molecule is CC(C)(C)c1nc(C2(C)CCCCC2)oc1C(=O)O. The van der Waals surface area contributed by atoms with Gasteiger partial charge in [-0.3, -0.25) is 0 Å². The highest BCUT2D eigenvalue weighted by atomic mass is 16.4. The van der Waals surface area contributed by atoms with Crippen molar-refractivity contribution in [1.29, 1.82) is 0 Å². The van der Waals surface area contributed by atoms with Crippen LogP contribution in [-0.4, -0.2) is 16.1 Å². The smallest absolute Gasteiger partial charge is 0.373 e. The fraction of sp³-hybridized carbons (Fsp3) is 0.733. The van der Waals surface area contributed by atoms with E-state index in [1.165, 1.54) is 6.42 Å². The Balaban J connectivity index is 2.45. The first-order chi connectivity index (χ1) is 8.74. The van der Waals surface area contributed by atoms with Crippen LogP contribution in [0.3, 0.4) is 0 Å². The average Bonchev–Trinajstić information content (AvgIpc) is 2.75. The fourth-order valence-electron chi connectivity index (χ4n) is 2.78. The lowest BCUT2D eigenvalue weighted by atomic mass is 9.75. The highest BCUT2D eigenvalue weighted by Crippen LogP contribution is 2.40. The summed E-state index contributed by atoms with van der Waals surface area (Å²) in [5.74, 6) is -0.410. The van der Waals surface area contributed by atoms with Gasteiger partial charge in [-0.05, 0) is 12.8 Å². The van der Waals surface area contributed by atoms with Crippen molar-refractivity contribution < 1.29 is 14.3 Å². The monoisotopic (exact) mass is 265 g/mol. The molecule has 0 unspecified atom stereocenters. The van der Waals surface area contributed by atoms with Crippen molar-refractivity contribution >= 4 is 5.97 Å². The quantitative estimate of drug-likeness (QED) is 0.881. The van der Waals surface area contributed by atoms with Crippen LogP contribution in [0.15, 0.2) is 4.42 Å². The van der Waals surface area contributed by atoms with E-state index in [1.54, 1.807) is 0 Å². The second-order valence-corrected chi connectivity index (χ2v) is 6.87. The van der Waals surface area contributed by atoms with E-state index in [0.29, 0.717) is 11.6 Å². The second kappa shape index (κ2) is 4.66. The third kappa shape index (κ3) is 2.67. The molecule has 0 amide bonds. The predicted octanol–water partition coefficient (Wildman–Crippen LogP) is 3.89. The van der Waals surface area contributed by atoms with Crippen LogP contribution in [0.1, 0.15) is 81.9 Å². The van der Waals surface area contributed by atoms with E-state index in [0.717, 1.165) is 25.7 Å². The second-order valence-electron chi connectivity index (χ2n) is 6.87. The lowest BCUT2D eigenvalue weighted by Crippen LogP contribution is -2.25. The van der Waals surface area contributed by atoms with Gasteiger partial charge in [0, 0.05) is 10.8 Å². The summed E-state index contributed by atoms with van der Waals surface area (Å²) < 4.78 is 5.63. The lowest BCUT2D eigenvalue weighted by molar-refractivity contribution is 0.0653. The molecule has 0 aromatic carbocycles. The Hall–Kier alpha value is -1.32. The maximum atomic E-state index is 11.3. The van der Waals surface area contributed by atoms with Gasteiger partial charge in [-0.2, -0.15) is 0 Å². The molecule has 1 N–H and O–H groups in total. The molecule has 1 aliphatic rings. The van der Waals surface area contributed by atoms with Crippen LogP contribution in [0.4, 0.5) is 0 Å². The normalized spacial score (nSPS) is 19.4. The van der Waals surface area contributed by atoms with Crippen molar-refractivity contribution in [2.45, 2.75) is 70.6 Å². The third-order valence-corrected chi connectivity index (χ3v) is 4.01. The standard InChI is InChI=1S/C15H23NO3/c1-14(2,3)11-10(12(17)18)19-13(16-11)15(4)8-6-5-7-9-15/h5-9H2,1-4H3,(H,17,18). The molecule has 106 valence electrons. The van der Waals surface area contributed by atoms with Crippen LogP contribution in [0.25, 0.3) is 0 Å². The molecule has 4 nitrogen and oxygen atoms in total. The molecule has 1 aliphatic carbocycles. The summed E-state index contributed by atoms with van der Waals surface area (Å²) in [5.41, 5.74) is 0.133. The van der Waals surface area contributed by atoms with Gasteiger partial charge in [0.15, 0.2) is 0 Å². The van der Waals surface area contributed by atoms with Crippen molar-refractivity contribution in [3.63, 3.8) is 0 Å². The van der Waals surface area contributed by atoms with Gasteiger partial charge < -0.3 is 9.52 Å². The number of carbonyl (C=O) groups is 1. The zero-order chi connectivity index (χ0) is 14.3. The van der Waals surface area contributed by atoms with Crippen molar-refractivity contribution in [1.82, 2.24) is 4.98 Å². The minimum atomic E-state index is -1.02. The highest BCUT2D eigenvalue weighted by molar-refractivity contribution is 5.86. The number of nitrogens with zero attached hydrogens (tertiary/aromatic N) is 1. The number of hydrogen-bond acceptors (Lipinski definition) is 3. The maximum absolute atomic E-state index is 11.3. The van der Waals surface area contributed by atoms with Gasteiger partial charge in [-0.25, -0.2) is 9.78 Å². The molecule has 0 atom stereocenters. The van der Waals surface area contributed by atoms with E-state index in [9.17, 15) is 9.90 Å². The first kappa shape index (κ1) is 14.1. The van der Waals surface area contributed by atoms with E-state index in [-0.39, 0.29) is 16.6 Å². The van der Waals surface area contributed by atoms with Crippen molar-refractivity contribution in [2.75, 3.05) is 0 Å². The molecule has 1 aromatic rings. The number of aromatic carboxylic acids is 1. The Labute approximate surface area is 114 Å². The molecule has 1 aromatic heterocycles. The summed E-state index contributed by atoms with van der Waals surface area (Å²) in [5, 5.41) is 9.29.